The Morgan fingerprint density at radius 3 is 2.54 bits per heavy atom. The third-order valence-electron chi connectivity index (χ3n) is 3.40. The first-order valence-corrected chi connectivity index (χ1v) is 9.61. The molecule has 3 rings (SSSR count). The molecule has 1 saturated heterocycles. The maximum absolute atomic E-state index is 12.5. The summed E-state index contributed by atoms with van der Waals surface area (Å²) in [7, 11) is 0. The molecule has 0 radical (unpaired) electrons. The number of rotatable bonds is 3. The molecule has 2 aromatic rings. The van der Waals surface area contributed by atoms with Crippen LogP contribution in [0.5, 0.6) is 5.75 Å². The van der Waals surface area contributed by atoms with Crippen molar-refractivity contribution >= 4 is 67.5 Å². The Bertz CT molecular complexity index is 851. The minimum atomic E-state index is -0.298. The molecule has 0 atom stereocenters. The van der Waals surface area contributed by atoms with Gasteiger partial charge in [0.2, 0.25) is 0 Å². The third-order valence-corrected chi connectivity index (χ3v) is 5.66. The highest BCUT2D eigenvalue weighted by molar-refractivity contribution is 14.1. The molecular formula is C17H11BrINO3S. The van der Waals surface area contributed by atoms with E-state index in [0.29, 0.717) is 9.38 Å². The number of imide groups is 1. The largest absolute Gasteiger partial charge is 0.507 e. The van der Waals surface area contributed by atoms with E-state index in [1.54, 1.807) is 18.2 Å². The minimum absolute atomic E-state index is 0.124. The van der Waals surface area contributed by atoms with E-state index >= 15 is 0 Å². The average Bonchev–Trinajstić information content (AvgIpc) is 2.80. The number of benzene rings is 2. The first-order valence-electron chi connectivity index (χ1n) is 6.92. The fourth-order valence-corrected chi connectivity index (χ4v) is 3.77. The highest BCUT2D eigenvalue weighted by Gasteiger charge is 2.34. The van der Waals surface area contributed by atoms with Crippen molar-refractivity contribution in [1.29, 1.82) is 0 Å². The predicted molar refractivity (Wildman–Crippen MR) is 106 cm³/mol. The second-order valence-electron chi connectivity index (χ2n) is 5.11. The van der Waals surface area contributed by atoms with Crippen LogP contribution >= 0.6 is 50.3 Å². The second-order valence-corrected chi connectivity index (χ2v) is 8.20. The molecule has 0 spiro atoms. The van der Waals surface area contributed by atoms with Crippen LogP contribution in [0.1, 0.15) is 11.1 Å². The van der Waals surface area contributed by atoms with Crippen LogP contribution in [0.4, 0.5) is 4.79 Å². The Labute approximate surface area is 165 Å². The Morgan fingerprint density at radius 2 is 1.88 bits per heavy atom. The van der Waals surface area contributed by atoms with Crippen LogP contribution in [0.25, 0.3) is 6.08 Å². The molecule has 2 amide bonds. The zero-order chi connectivity index (χ0) is 17.3. The van der Waals surface area contributed by atoms with Gasteiger partial charge >= 0.3 is 0 Å². The van der Waals surface area contributed by atoms with E-state index in [4.69, 9.17) is 0 Å². The number of hydrogen-bond donors (Lipinski definition) is 1. The fourth-order valence-electron chi connectivity index (χ4n) is 2.17. The van der Waals surface area contributed by atoms with Crippen molar-refractivity contribution in [3.8, 4) is 5.75 Å². The average molecular weight is 516 g/mol. The summed E-state index contributed by atoms with van der Waals surface area (Å²) in [4.78, 5) is 26.3. The van der Waals surface area contributed by atoms with Crippen molar-refractivity contribution in [3.05, 3.63) is 66.5 Å². The van der Waals surface area contributed by atoms with Gasteiger partial charge in [0, 0.05) is 3.57 Å². The van der Waals surface area contributed by atoms with Gasteiger partial charge in [-0.3, -0.25) is 14.5 Å². The number of amides is 2. The number of phenols is 1. The van der Waals surface area contributed by atoms with Gasteiger partial charge in [-0.15, -0.1) is 0 Å². The summed E-state index contributed by atoms with van der Waals surface area (Å²) in [5, 5.41) is 9.25. The van der Waals surface area contributed by atoms with Crippen molar-refractivity contribution in [2.24, 2.45) is 0 Å². The number of aromatic hydroxyl groups is 1. The summed E-state index contributed by atoms with van der Waals surface area (Å²) in [5.41, 5.74) is 1.64. The van der Waals surface area contributed by atoms with Gasteiger partial charge in [0.1, 0.15) is 5.75 Å². The van der Waals surface area contributed by atoms with Gasteiger partial charge in [-0.1, -0.05) is 18.2 Å². The second kappa shape index (κ2) is 7.28. The predicted octanol–water partition coefficient (Wildman–Crippen LogP) is 5.00. The lowest BCUT2D eigenvalue weighted by Gasteiger charge is -2.12. The van der Waals surface area contributed by atoms with Gasteiger partial charge in [0.25, 0.3) is 11.1 Å². The first-order chi connectivity index (χ1) is 11.4. The number of halogens is 2. The fraction of sp³-hybridized carbons (Fsp3) is 0.0588. The van der Waals surface area contributed by atoms with Crippen molar-refractivity contribution in [3.63, 3.8) is 0 Å². The molecule has 122 valence electrons. The molecule has 0 saturated carbocycles. The Kier molecular flexibility index (Phi) is 5.31. The topological polar surface area (TPSA) is 57.6 Å². The van der Waals surface area contributed by atoms with E-state index in [1.165, 1.54) is 11.0 Å². The van der Waals surface area contributed by atoms with Crippen LogP contribution in [-0.4, -0.2) is 21.2 Å². The Hall–Kier alpha value is -1.32. The Balaban J connectivity index is 1.81. The van der Waals surface area contributed by atoms with Crippen LogP contribution in [0.2, 0.25) is 0 Å². The molecule has 0 bridgehead atoms. The first kappa shape index (κ1) is 17.5. The summed E-state index contributed by atoms with van der Waals surface area (Å²) in [5.74, 6) is -0.174. The van der Waals surface area contributed by atoms with Crippen molar-refractivity contribution in [2.45, 2.75) is 6.54 Å². The highest BCUT2D eigenvalue weighted by atomic mass is 127. The summed E-state index contributed by atoms with van der Waals surface area (Å²) in [6.07, 6.45) is 1.66. The zero-order valence-electron chi connectivity index (χ0n) is 12.2. The van der Waals surface area contributed by atoms with E-state index in [9.17, 15) is 14.7 Å². The summed E-state index contributed by atoms with van der Waals surface area (Å²) in [6.45, 7) is 0.262. The van der Waals surface area contributed by atoms with Gasteiger partial charge in [0.05, 0.1) is 15.9 Å². The lowest BCUT2D eigenvalue weighted by atomic mass is 10.2. The zero-order valence-corrected chi connectivity index (χ0v) is 16.8. The Morgan fingerprint density at radius 1 is 1.17 bits per heavy atom. The number of hydrogen-bond acceptors (Lipinski definition) is 4. The monoisotopic (exact) mass is 515 g/mol. The molecule has 1 aliphatic heterocycles. The summed E-state index contributed by atoms with van der Waals surface area (Å²) >= 11 is 6.37. The molecule has 0 unspecified atom stereocenters. The van der Waals surface area contributed by atoms with Gasteiger partial charge in [0.15, 0.2) is 0 Å². The standard InChI is InChI=1S/C17H11BrINO3S/c18-13-7-11(3-6-14(13)21)8-15-16(22)20(17(23)24-15)9-10-1-4-12(19)5-2-10/h1-8,21H,9H2/b15-8-. The molecule has 1 fully saturated rings. The lowest BCUT2D eigenvalue weighted by molar-refractivity contribution is -0.123. The molecular weight excluding hydrogens is 505 g/mol. The number of nitrogens with zero attached hydrogens (tertiary/aromatic N) is 1. The van der Waals surface area contributed by atoms with Crippen LogP contribution in [-0.2, 0) is 11.3 Å². The van der Waals surface area contributed by atoms with Crippen molar-refractivity contribution in [2.75, 3.05) is 0 Å². The molecule has 1 N–H and O–H groups in total. The van der Waals surface area contributed by atoms with Crippen LogP contribution in [0, 0.1) is 3.57 Å². The van der Waals surface area contributed by atoms with Gasteiger partial charge in [-0.25, -0.2) is 0 Å². The van der Waals surface area contributed by atoms with E-state index < -0.39 is 0 Å². The molecule has 1 aliphatic rings. The van der Waals surface area contributed by atoms with Gasteiger partial charge in [-0.2, -0.15) is 0 Å². The molecule has 24 heavy (non-hydrogen) atoms. The normalized spacial score (nSPS) is 16.2. The van der Waals surface area contributed by atoms with Crippen LogP contribution in [0.3, 0.4) is 0 Å². The maximum atomic E-state index is 12.5. The molecule has 0 aliphatic carbocycles. The van der Waals surface area contributed by atoms with Crippen molar-refractivity contribution < 1.29 is 14.7 Å². The number of carbonyl (C=O) groups is 2. The lowest BCUT2D eigenvalue weighted by Crippen LogP contribution is -2.27. The smallest absolute Gasteiger partial charge is 0.293 e. The summed E-state index contributed by atoms with van der Waals surface area (Å²) < 4.78 is 1.64. The van der Waals surface area contributed by atoms with Gasteiger partial charge < -0.3 is 5.11 Å². The number of thioether (sulfide) groups is 1. The molecule has 7 heteroatoms. The van der Waals surface area contributed by atoms with E-state index in [-0.39, 0.29) is 23.4 Å². The molecule has 2 aromatic carbocycles. The SMILES string of the molecule is O=C1S/C(=C\c2ccc(O)c(Br)c2)C(=O)N1Cc1ccc(I)cc1. The van der Waals surface area contributed by atoms with Crippen LogP contribution < -0.4 is 0 Å². The van der Waals surface area contributed by atoms with Crippen molar-refractivity contribution in [1.82, 2.24) is 4.90 Å². The molecule has 0 aromatic heterocycles. The van der Waals surface area contributed by atoms with Gasteiger partial charge in [-0.05, 0) is 91.8 Å². The van der Waals surface area contributed by atoms with Crippen LogP contribution in [0.15, 0.2) is 51.8 Å². The molecule has 1 heterocycles. The number of phenolic OH excluding ortho intramolecular Hbond substituents is 1. The number of carbonyl (C=O) groups excluding carboxylic acids is 2. The van der Waals surface area contributed by atoms with E-state index in [0.717, 1.165) is 26.5 Å². The molecule has 4 nitrogen and oxygen atoms in total. The minimum Gasteiger partial charge on any atom is -0.507 e. The third kappa shape index (κ3) is 3.84. The van der Waals surface area contributed by atoms with E-state index in [1.807, 2.05) is 24.3 Å². The van der Waals surface area contributed by atoms with E-state index in [2.05, 4.69) is 38.5 Å². The maximum Gasteiger partial charge on any atom is 0.293 e. The summed E-state index contributed by atoms with van der Waals surface area (Å²) in [6, 6.07) is 12.6. The highest BCUT2D eigenvalue weighted by Crippen LogP contribution is 2.34. The quantitative estimate of drug-likeness (QED) is 0.462.